The van der Waals surface area contributed by atoms with Gasteiger partial charge in [-0.25, -0.2) is 0 Å². The summed E-state index contributed by atoms with van der Waals surface area (Å²) in [4.78, 5) is 24.6. The molecule has 1 unspecified atom stereocenters. The van der Waals surface area contributed by atoms with Crippen molar-refractivity contribution in [2.45, 2.75) is 26.3 Å². The van der Waals surface area contributed by atoms with Crippen LogP contribution in [0, 0.1) is 0 Å². The number of hydrogen-bond acceptors (Lipinski definition) is 5. The molecule has 3 N–H and O–H groups in total. The van der Waals surface area contributed by atoms with E-state index in [1.165, 1.54) is 0 Å². The number of para-hydroxylation sites is 1. The number of carbonyl (C=O) groups excluding carboxylic acids is 2. The van der Waals surface area contributed by atoms with E-state index in [9.17, 15) is 9.59 Å². The lowest BCUT2D eigenvalue weighted by molar-refractivity contribution is -0.114. The topological polar surface area (TPSA) is 88.7 Å². The summed E-state index contributed by atoms with van der Waals surface area (Å²) in [7, 11) is 0. The average molecular weight is 462 g/mol. The fourth-order valence-corrected chi connectivity index (χ4v) is 3.04. The third kappa shape index (κ3) is 8.16. The Bertz CT molecular complexity index is 1050. The van der Waals surface area contributed by atoms with Crippen LogP contribution in [0.4, 0.5) is 11.4 Å². The van der Waals surface area contributed by atoms with Crippen LogP contribution < -0.4 is 25.4 Å². The van der Waals surface area contributed by atoms with Gasteiger partial charge in [0.05, 0.1) is 6.54 Å². The summed E-state index contributed by atoms with van der Waals surface area (Å²) >= 11 is 0. The Labute approximate surface area is 200 Å². The monoisotopic (exact) mass is 461 g/mol. The Hall–Kier alpha value is -4.00. The lowest BCUT2D eigenvalue weighted by atomic mass is 10.1. The summed E-state index contributed by atoms with van der Waals surface area (Å²) < 4.78 is 11.3. The fraction of sp³-hybridized carbons (Fsp3) is 0.259. The molecule has 0 spiro atoms. The van der Waals surface area contributed by atoms with Gasteiger partial charge in [-0.05, 0) is 67.9 Å². The third-order valence-corrected chi connectivity index (χ3v) is 5.07. The number of ether oxygens (including phenoxy) is 2. The molecule has 0 aliphatic carbocycles. The molecule has 178 valence electrons. The largest absolute Gasteiger partial charge is 0.490 e. The minimum atomic E-state index is -0.210. The number of carbonyl (C=O) groups is 2. The summed E-state index contributed by atoms with van der Waals surface area (Å²) in [6, 6.07) is 23.9. The van der Waals surface area contributed by atoms with Crippen molar-refractivity contribution in [1.29, 1.82) is 0 Å². The highest BCUT2D eigenvalue weighted by atomic mass is 16.5. The molecule has 7 nitrogen and oxygen atoms in total. The van der Waals surface area contributed by atoms with Crippen molar-refractivity contribution in [2.24, 2.45) is 0 Å². The second kappa shape index (κ2) is 12.9. The van der Waals surface area contributed by atoms with Crippen LogP contribution >= 0.6 is 0 Å². The molecule has 0 radical (unpaired) electrons. The van der Waals surface area contributed by atoms with Crippen LogP contribution in [0.5, 0.6) is 11.5 Å². The molecule has 3 aromatic rings. The van der Waals surface area contributed by atoms with Crippen LogP contribution in [0.25, 0.3) is 0 Å². The maximum atomic E-state index is 12.3. The number of amides is 2. The van der Waals surface area contributed by atoms with Crippen LogP contribution in [-0.4, -0.2) is 37.6 Å². The van der Waals surface area contributed by atoms with E-state index in [4.69, 9.17) is 9.47 Å². The zero-order valence-corrected chi connectivity index (χ0v) is 19.5. The number of anilines is 2. The lowest BCUT2D eigenvalue weighted by Crippen LogP contribution is -2.32. The summed E-state index contributed by atoms with van der Waals surface area (Å²) in [6.45, 7) is 4.93. The summed E-state index contributed by atoms with van der Waals surface area (Å²) in [5, 5.41) is 8.81. The normalized spacial score (nSPS) is 11.2. The molecular formula is C27H31N3O4. The first-order chi connectivity index (χ1) is 16.5. The minimum absolute atomic E-state index is 0.0917. The van der Waals surface area contributed by atoms with E-state index < -0.39 is 0 Å². The van der Waals surface area contributed by atoms with Crippen molar-refractivity contribution in [2.75, 3.05) is 30.4 Å². The van der Waals surface area contributed by atoms with Crippen LogP contribution in [0.2, 0.25) is 0 Å². The molecule has 0 bridgehead atoms. The molecular weight excluding hydrogens is 430 g/mol. The quantitative estimate of drug-likeness (QED) is 0.340. The number of nitrogens with one attached hydrogen (secondary N) is 3. The van der Waals surface area contributed by atoms with Gasteiger partial charge < -0.3 is 25.4 Å². The minimum Gasteiger partial charge on any atom is -0.490 e. The van der Waals surface area contributed by atoms with Gasteiger partial charge in [0, 0.05) is 23.0 Å². The van der Waals surface area contributed by atoms with Gasteiger partial charge in [0.25, 0.3) is 5.91 Å². The van der Waals surface area contributed by atoms with Crippen LogP contribution in [0.3, 0.4) is 0 Å². The van der Waals surface area contributed by atoms with E-state index >= 15 is 0 Å². The van der Waals surface area contributed by atoms with Crippen molar-refractivity contribution < 1.29 is 19.1 Å². The standard InChI is InChI=1S/C27H31N3O4/c1-3-20(2)29-27(32)21-8-7-9-23(18-21)30-26(31)19-28-22-12-14-25(15-13-22)34-17-16-33-24-10-5-4-6-11-24/h4-15,18,20,28H,3,16-17,19H2,1-2H3,(H,29,32)(H,30,31). The van der Waals surface area contributed by atoms with Crippen molar-refractivity contribution in [3.05, 3.63) is 84.4 Å². The number of benzene rings is 3. The molecule has 0 aliphatic heterocycles. The van der Waals surface area contributed by atoms with Gasteiger partial charge in [-0.15, -0.1) is 0 Å². The first kappa shape index (κ1) is 24.6. The van der Waals surface area contributed by atoms with Crippen molar-refractivity contribution >= 4 is 23.2 Å². The molecule has 3 aromatic carbocycles. The highest BCUT2D eigenvalue weighted by molar-refractivity contribution is 5.98. The molecule has 0 saturated heterocycles. The van der Waals surface area contributed by atoms with Gasteiger partial charge in [0.2, 0.25) is 5.91 Å². The molecule has 2 amide bonds. The highest BCUT2D eigenvalue weighted by Crippen LogP contribution is 2.16. The molecule has 0 aromatic heterocycles. The average Bonchev–Trinajstić information content (AvgIpc) is 2.86. The van der Waals surface area contributed by atoms with Crippen LogP contribution in [-0.2, 0) is 4.79 Å². The van der Waals surface area contributed by atoms with Gasteiger partial charge in [0.1, 0.15) is 24.7 Å². The lowest BCUT2D eigenvalue weighted by Gasteiger charge is -2.13. The number of rotatable bonds is 12. The molecule has 0 aliphatic rings. The second-order valence-corrected chi connectivity index (χ2v) is 7.80. The van der Waals surface area contributed by atoms with Crippen molar-refractivity contribution in [3.63, 3.8) is 0 Å². The molecule has 1 atom stereocenters. The number of hydrogen-bond donors (Lipinski definition) is 3. The maximum Gasteiger partial charge on any atom is 0.251 e. The molecule has 3 rings (SSSR count). The van der Waals surface area contributed by atoms with E-state index in [1.54, 1.807) is 24.3 Å². The Morgan fingerprint density at radius 3 is 2.18 bits per heavy atom. The van der Waals surface area contributed by atoms with Gasteiger partial charge in [0.15, 0.2) is 0 Å². The van der Waals surface area contributed by atoms with Gasteiger partial charge in [-0.3, -0.25) is 9.59 Å². The molecule has 0 heterocycles. The Kier molecular flexibility index (Phi) is 9.34. The summed E-state index contributed by atoms with van der Waals surface area (Å²) in [5.74, 6) is 1.17. The zero-order valence-electron chi connectivity index (χ0n) is 19.5. The summed E-state index contributed by atoms with van der Waals surface area (Å²) in [5.41, 5.74) is 1.88. The smallest absolute Gasteiger partial charge is 0.251 e. The molecule has 7 heteroatoms. The van der Waals surface area contributed by atoms with E-state index in [2.05, 4.69) is 16.0 Å². The van der Waals surface area contributed by atoms with Crippen molar-refractivity contribution in [3.8, 4) is 11.5 Å². The fourth-order valence-electron chi connectivity index (χ4n) is 3.04. The predicted molar refractivity (Wildman–Crippen MR) is 135 cm³/mol. The van der Waals surface area contributed by atoms with Gasteiger partial charge in [-0.2, -0.15) is 0 Å². The third-order valence-electron chi connectivity index (χ3n) is 5.07. The first-order valence-corrected chi connectivity index (χ1v) is 11.4. The molecule has 0 saturated carbocycles. The SMILES string of the molecule is CCC(C)NC(=O)c1cccc(NC(=O)CNc2ccc(OCCOc3ccccc3)cc2)c1. The van der Waals surface area contributed by atoms with Crippen molar-refractivity contribution in [1.82, 2.24) is 5.32 Å². The Morgan fingerprint density at radius 2 is 1.50 bits per heavy atom. The summed E-state index contributed by atoms with van der Waals surface area (Å²) in [6.07, 6.45) is 0.851. The second-order valence-electron chi connectivity index (χ2n) is 7.80. The van der Waals surface area contributed by atoms with E-state index in [-0.39, 0.29) is 24.4 Å². The highest BCUT2D eigenvalue weighted by Gasteiger charge is 2.10. The Morgan fingerprint density at radius 1 is 0.824 bits per heavy atom. The Balaban J connectivity index is 1.40. The van der Waals surface area contributed by atoms with Gasteiger partial charge >= 0.3 is 0 Å². The zero-order chi connectivity index (χ0) is 24.2. The van der Waals surface area contributed by atoms with Gasteiger partial charge in [-0.1, -0.05) is 31.2 Å². The van der Waals surface area contributed by atoms with E-state index in [0.717, 1.165) is 23.6 Å². The molecule has 34 heavy (non-hydrogen) atoms. The van der Waals surface area contributed by atoms with Crippen LogP contribution in [0.1, 0.15) is 30.6 Å². The first-order valence-electron chi connectivity index (χ1n) is 11.4. The van der Waals surface area contributed by atoms with Crippen LogP contribution in [0.15, 0.2) is 78.9 Å². The molecule has 0 fully saturated rings. The predicted octanol–water partition coefficient (Wildman–Crippen LogP) is 4.72. The van der Waals surface area contributed by atoms with E-state index in [1.807, 2.05) is 68.4 Å². The van der Waals surface area contributed by atoms with E-state index in [0.29, 0.717) is 24.5 Å². The maximum absolute atomic E-state index is 12.3.